The van der Waals surface area contributed by atoms with E-state index in [1.165, 1.54) is 30.1 Å². The van der Waals surface area contributed by atoms with E-state index in [0.717, 1.165) is 6.07 Å². The molecule has 144 valence electrons. The molecule has 0 bridgehead atoms. The Kier molecular flexibility index (Phi) is 4.75. The van der Waals surface area contributed by atoms with Crippen LogP contribution in [0.25, 0.3) is 11.3 Å². The average molecular weight is 386 g/mol. The minimum atomic E-state index is -1.88. The fourth-order valence-corrected chi connectivity index (χ4v) is 2.81. The van der Waals surface area contributed by atoms with Gasteiger partial charge in [0.05, 0.1) is 11.4 Å². The number of nitrogens with zero attached hydrogens (tertiary/aromatic N) is 2. The Morgan fingerprint density at radius 1 is 1.36 bits per heavy atom. The van der Waals surface area contributed by atoms with Gasteiger partial charge < -0.3 is 21.5 Å². The molecule has 1 aromatic carbocycles. The Morgan fingerprint density at radius 2 is 2.07 bits per heavy atom. The maximum absolute atomic E-state index is 14.3. The van der Waals surface area contributed by atoms with Crippen molar-refractivity contribution in [2.24, 2.45) is 5.73 Å². The second-order valence-electron chi connectivity index (χ2n) is 6.41. The molecule has 2 amide bonds. The number of nitrogen functional groups attached to an aromatic ring is 1. The van der Waals surface area contributed by atoms with Gasteiger partial charge in [-0.2, -0.15) is 0 Å². The third-order valence-corrected chi connectivity index (χ3v) is 4.39. The average Bonchev–Trinajstić information content (AvgIpc) is 2.91. The molecule has 1 saturated heterocycles. The molecule has 0 aliphatic carbocycles. The number of pyridine rings is 1. The Labute approximate surface area is 159 Å². The summed E-state index contributed by atoms with van der Waals surface area (Å²) in [4.78, 5) is 28.6. The van der Waals surface area contributed by atoms with E-state index < -0.39 is 29.0 Å². The highest BCUT2D eigenvalue weighted by molar-refractivity contribution is 5.96. The van der Waals surface area contributed by atoms with E-state index in [1.54, 1.807) is 0 Å². The molecular weight excluding hydrogens is 370 g/mol. The fraction of sp³-hybridized carbons (Fsp3) is 0.211. The second kappa shape index (κ2) is 6.90. The van der Waals surface area contributed by atoms with Crippen LogP contribution < -0.4 is 11.5 Å². The first-order valence-corrected chi connectivity index (χ1v) is 8.19. The van der Waals surface area contributed by atoms with Crippen molar-refractivity contribution < 1.29 is 23.5 Å². The number of primary amides is 1. The zero-order valence-corrected chi connectivity index (χ0v) is 14.8. The van der Waals surface area contributed by atoms with Gasteiger partial charge in [0.25, 0.3) is 11.8 Å². The Hall–Kier alpha value is -3.51. The largest absolute Gasteiger partial charge is 0.397 e. The molecule has 0 spiro atoms. The first kappa shape index (κ1) is 19.3. The van der Waals surface area contributed by atoms with Gasteiger partial charge in [-0.25, -0.2) is 13.8 Å². The number of likely N-dealkylation sites (tertiary alicyclic amines) is 1. The zero-order valence-electron chi connectivity index (χ0n) is 14.8. The van der Waals surface area contributed by atoms with Crippen molar-refractivity contribution in [2.75, 3.05) is 19.3 Å². The minimum absolute atomic E-state index is 0.000774. The lowest BCUT2D eigenvalue weighted by atomic mass is 10.0. The van der Waals surface area contributed by atoms with Crippen molar-refractivity contribution in [2.45, 2.75) is 12.0 Å². The summed E-state index contributed by atoms with van der Waals surface area (Å²) in [6.45, 7) is 0.332. The number of benzene rings is 1. The summed E-state index contributed by atoms with van der Waals surface area (Å²) in [6, 6.07) is 4.64. The lowest BCUT2D eigenvalue weighted by Crippen LogP contribution is -2.37. The summed E-state index contributed by atoms with van der Waals surface area (Å²) in [7, 11) is 1.53. The van der Waals surface area contributed by atoms with Crippen molar-refractivity contribution in [1.82, 2.24) is 9.88 Å². The molecule has 1 fully saturated rings. The van der Waals surface area contributed by atoms with Gasteiger partial charge in [0.2, 0.25) is 5.60 Å². The number of likely N-dealkylation sites (N-methyl/N-ethyl adjacent to an activating group) is 1. The molecule has 1 atom stereocenters. The highest BCUT2D eigenvalue weighted by Gasteiger charge is 2.42. The van der Waals surface area contributed by atoms with Crippen LogP contribution in [0.2, 0.25) is 0 Å². The van der Waals surface area contributed by atoms with Gasteiger partial charge in [-0.3, -0.25) is 9.59 Å². The van der Waals surface area contributed by atoms with Crippen LogP contribution in [0.5, 0.6) is 0 Å². The smallest absolute Gasteiger partial charge is 0.269 e. The lowest BCUT2D eigenvalue weighted by molar-refractivity contribution is -0.137. The summed E-state index contributed by atoms with van der Waals surface area (Å²) >= 11 is 0. The molecule has 5 N–H and O–H groups in total. The standard InChI is InChI=1S/C19H16F2N4O3/c1-25-7-6-19(28,18(25)27)5-4-10-8-11(15(21)12(20)9-10)14-3-2-13(22)16(24-14)17(23)26/h2-3,8-9,28H,6-7,22H2,1H3,(H2,23,26)/t19-/m0/s1. The molecule has 7 nitrogen and oxygen atoms in total. The highest BCUT2D eigenvalue weighted by atomic mass is 19.2. The highest BCUT2D eigenvalue weighted by Crippen LogP contribution is 2.27. The molecule has 3 rings (SSSR count). The molecule has 0 saturated carbocycles. The number of nitrogens with two attached hydrogens (primary N) is 2. The molecule has 1 aliphatic rings. The monoisotopic (exact) mass is 386 g/mol. The van der Waals surface area contributed by atoms with E-state index in [2.05, 4.69) is 16.8 Å². The number of rotatable bonds is 2. The third-order valence-electron chi connectivity index (χ3n) is 4.39. The molecule has 1 aliphatic heterocycles. The van der Waals surface area contributed by atoms with Gasteiger partial charge in [0, 0.05) is 31.1 Å². The molecule has 28 heavy (non-hydrogen) atoms. The minimum Gasteiger partial charge on any atom is -0.397 e. The number of hydrogen-bond donors (Lipinski definition) is 3. The quantitative estimate of drug-likeness (QED) is 0.654. The molecule has 2 heterocycles. The number of aromatic nitrogens is 1. The van der Waals surface area contributed by atoms with Crippen molar-refractivity contribution in [3.05, 3.63) is 47.2 Å². The number of anilines is 1. The topological polar surface area (TPSA) is 123 Å². The third kappa shape index (κ3) is 3.37. The van der Waals surface area contributed by atoms with Crippen LogP contribution in [0.3, 0.4) is 0 Å². The summed E-state index contributed by atoms with van der Waals surface area (Å²) in [5, 5.41) is 10.3. The van der Waals surface area contributed by atoms with E-state index >= 15 is 0 Å². The van der Waals surface area contributed by atoms with Crippen molar-refractivity contribution in [3.8, 4) is 23.1 Å². The van der Waals surface area contributed by atoms with Crippen LogP contribution in [-0.4, -0.2) is 46.0 Å². The number of carbonyl (C=O) groups is 2. The number of aliphatic hydroxyl groups is 1. The van der Waals surface area contributed by atoms with Gasteiger partial charge >= 0.3 is 0 Å². The maximum Gasteiger partial charge on any atom is 0.269 e. The Morgan fingerprint density at radius 3 is 2.68 bits per heavy atom. The van der Waals surface area contributed by atoms with Crippen LogP contribution in [0.15, 0.2) is 24.3 Å². The van der Waals surface area contributed by atoms with Gasteiger partial charge in [-0.15, -0.1) is 0 Å². The molecule has 1 aromatic heterocycles. The van der Waals surface area contributed by atoms with Gasteiger partial charge in [-0.1, -0.05) is 11.8 Å². The van der Waals surface area contributed by atoms with Gasteiger partial charge in [0.1, 0.15) is 0 Å². The van der Waals surface area contributed by atoms with E-state index in [9.17, 15) is 23.5 Å². The number of amides is 2. The summed E-state index contributed by atoms with van der Waals surface area (Å²) in [5.74, 6) is 1.05. The Bertz CT molecular complexity index is 1060. The molecule has 2 aromatic rings. The van der Waals surface area contributed by atoms with E-state index in [0.29, 0.717) is 6.54 Å². The van der Waals surface area contributed by atoms with Crippen LogP contribution >= 0.6 is 0 Å². The SMILES string of the molecule is CN1CC[C@@](O)(C#Cc2cc(F)c(F)c(-c3ccc(N)c(C(N)=O)n3)c2)C1=O. The van der Waals surface area contributed by atoms with E-state index in [4.69, 9.17) is 11.5 Å². The van der Waals surface area contributed by atoms with Gasteiger partial charge in [-0.05, 0) is 24.3 Å². The molecule has 9 heteroatoms. The molecular formula is C19H16F2N4O3. The summed E-state index contributed by atoms with van der Waals surface area (Å²) in [5.41, 5.74) is 8.31. The first-order chi connectivity index (χ1) is 13.1. The van der Waals surface area contributed by atoms with Crippen LogP contribution in [-0.2, 0) is 4.79 Å². The van der Waals surface area contributed by atoms with Crippen molar-refractivity contribution >= 4 is 17.5 Å². The number of carbonyl (C=O) groups excluding carboxylic acids is 2. The lowest BCUT2D eigenvalue weighted by Gasteiger charge is -2.13. The maximum atomic E-state index is 14.3. The van der Waals surface area contributed by atoms with Crippen LogP contribution in [0.4, 0.5) is 14.5 Å². The fourth-order valence-electron chi connectivity index (χ4n) is 2.81. The van der Waals surface area contributed by atoms with Gasteiger partial charge in [0.15, 0.2) is 17.3 Å². The zero-order chi connectivity index (χ0) is 20.6. The summed E-state index contributed by atoms with van der Waals surface area (Å²) in [6.07, 6.45) is 0.105. The predicted molar refractivity (Wildman–Crippen MR) is 96.6 cm³/mol. The van der Waals surface area contributed by atoms with Crippen LogP contribution in [0, 0.1) is 23.5 Å². The van der Waals surface area contributed by atoms with Crippen LogP contribution in [0.1, 0.15) is 22.5 Å². The van der Waals surface area contributed by atoms with E-state index in [1.807, 2.05) is 0 Å². The predicted octanol–water partition coefficient (Wildman–Crippen LogP) is 0.653. The van der Waals surface area contributed by atoms with E-state index in [-0.39, 0.29) is 34.6 Å². The molecule has 0 unspecified atom stereocenters. The summed E-state index contributed by atoms with van der Waals surface area (Å²) < 4.78 is 28.4. The number of hydrogen-bond acceptors (Lipinski definition) is 5. The van der Waals surface area contributed by atoms with Crippen molar-refractivity contribution in [3.63, 3.8) is 0 Å². The Balaban J connectivity index is 2.06. The first-order valence-electron chi connectivity index (χ1n) is 8.19. The normalized spacial score (nSPS) is 18.7. The second-order valence-corrected chi connectivity index (χ2v) is 6.41. The molecule has 0 radical (unpaired) electrons. The number of halogens is 2. The van der Waals surface area contributed by atoms with Crippen molar-refractivity contribution in [1.29, 1.82) is 0 Å².